The number of thiazole rings is 1. The quantitative estimate of drug-likeness (QED) is 0.494. The third-order valence-electron chi connectivity index (χ3n) is 5.25. The summed E-state index contributed by atoms with van der Waals surface area (Å²) in [6.45, 7) is 4.48. The monoisotopic (exact) mass is 446 g/mol. The fraction of sp³-hybridized carbons (Fsp3) is 0.182. The van der Waals surface area contributed by atoms with E-state index >= 15 is 0 Å². The molecular weight excluding hydrogens is 428 g/mol. The summed E-state index contributed by atoms with van der Waals surface area (Å²) in [4.78, 5) is 35.0. The molecular formula is C22H18N6O3S. The summed E-state index contributed by atoms with van der Waals surface area (Å²) in [7, 11) is 0. The molecule has 0 bridgehead atoms. The predicted molar refractivity (Wildman–Crippen MR) is 119 cm³/mol. The van der Waals surface area contributed by atoms with Gasteiger partial charge in [0.15, 0.2) is 5.82 Å². The largest absolute Gasteiger partial charge is 0.477 e. The van der Waals surface area contributed by atoms with Gasteiger partial charge in [0.2, 0.25) is 0 Å². The average molecular weight is 446 g/mol. The van der Waals surface area contributed by atoms with Crippen LogP contribution in [-0.4, -0.2) is 41.7 Å². The summed E-state index contributed by atoms with van der Waals surface area (Å²) >= 11 is 1.08. The second-order valence-corrected chi connectivity index (χ2v) is 8.67. The molecule has 1 N–H and O–H groups in total. The number of carbonyl (C=O) groups is 2. The molecule has 3 aromatic heterocycles. The number of pyridine rings is 1. The third kappa shape index (κ3) is 3.34. The van der Waals surface area contributed by atoms with Gasteiger partial charge in [-0.15, -0.1) is 21.5 Å². The van der Waals surface area contributed by atoms with Crippen LogP contribution >= 0.6 is 11.3 Å². The first-order valence-electron chi connectivity index (χ1n) is 9.93. The number of aromatic carboxylic acids is 1. The minimum atomic E-state index is -1.02. The number of benzene rings is 1. The van der Waals surface area contributed by atoms with Crippen LogP contribution in [-0.2, 0) is 6.54 Å². The van der Waals surface area contributed by atoms with Crippen molar-refractivity contribution in [2.45, 2.75) is 26.4 Å². The molecule has 0 radical (unpaired) electrons. The van der Waals surface area contributed by atoms with Crippen molar-refractivity contribution < 1.29 is 14.7 Å². The van der Waals surface area contributed by atoms with Crippen molar-refractivity contribution in [2.75, 3.05) is 4.90 Å². The van der Waals surface area contributed by atoms with Crippen molar-refractivity contribution >= 4 is 29.0 Å². The van der Waals surface area contributed by atoms with Crippen LogP contribution in [0, 0.1) is 0 Å². The van der Waals surface area contributed by atoms with Crippen molar-refractivity contribution in [3.8, 4) is 22.1 Å². The van der Waals surface area contributed by atoms with Crippen molar-refractivity contribution in [3.05, 3.63) is 64.9 Å². The Kier molecular flexibility index (Phi) is 4.78. The summed E-state index contributed by atoms with van der Waals surface area (Å²) in [5.74, 6) is 0.000488. The predicted octanol–water partition coefficient (Wildman–Crippen LogP) is 3.90. The number of aromatic nitrogens is 5. The minimum Gasteiger partial charge on any atom is -0.477 e. The van der Waals surface area contributed by atoms with Gasteiger partial charge in [-0.1, -0.05) is 18.2 Å². The van der Waals surface area contributed by atoms with E-state index in [1.807, 2.05) is 42.7 Å². The van der Waals surface area contributed by atoms with Gasteiger partial charge in [0.25, 0.3) is 5.91 Å². The molecule has 10 heteroatoms. The minimum absolute atomic E-state index is 0.156. The van der Waals surface area contributed by atoms with E-state index in [9.17, 15) is 9.59 Å². The molecule has 160 valence electrons. The molecule has 1 aliphatic rings. The Morgan fingerprint density at radius 3 is 2.81 bits per heavy atom. The molecule has 1 aliphatic heterocycles. The lowest BCUT2D eigenvalue weighted by Gasteiger charge is -2.16. The zero-order valence-electron chi connectivity index (χ0n) is 17.3. The van der Waals surface area contributed by atoms with E-state index in [0.29, 0.717) is 40.0 Å². The first-order chi connectivity index (χ1) is 15.4. The van der Waals surface area contributed by atoms with Crippen LogP contribution in [0.15, 0.2) is 48.9 Å². The lowest BCUT2D eigenvalue weighted by atomic mass is 10.1. The number of fused-ring (bicyclic) bond motifs is 1. The summed E-state index contributed by atoms with van der Waals surface area (Å²) in [6.07, 6.45) is 3.00. The Morgan fingerprint density at radius 1 is 1.22 bits per heavy atom. The summed E-state index contributed by atoms with van der Waals surface area (Å²) in [6, 6.07) is 11.2. The number of carboxylic acids is 1. The number of carboxylic acid groups (broad SMARTS) is 1. The van der Waals surface area contributed by atoms with Gasteiger partial charge in [-0.05, 0) is 37.6 Å². The second-order valence-electron chi connectivity index (χ2n) is 7.63. The van der Waals surface area contributed by atoms with E-state index in [1.54, 1.807) is 23.4 Å². The average Bonchev–Trinajstić information content (AvgIpc) is 3.52. The van der Waals surface area contributed by atoms with Crippen LogP contribution in [0.5, 0.6) is 0 Å². The zero-order chi connectivity index (χ0) is 22.4. The third-order valence-corrected chi connectivity index (χ3v) is 6.28. The van der Waals surface area contributed by atoms with Gasteiger partial charge in [-0.3, -0.25) is 9.69 Å². The first-order valence-corrected chi connectivity index (χ1v) is 10.7. The number of anilines is 1. The fourth-order valence-corrected chi connectivity index (χ4v) is 4.38. The summed E-state index contributed by atoms with van der Waals surface area (Å²) < 4.78 is 1.93. The number of hydrogen-bond acceptors (Lipinski definition) is 7. The molecule has 0 saturated carbocycles. The van der Waals surface area contributed by atoms with E-state index in [1.165, 1.54) is 6.20 Å². The molecule has 0 atom stereocenters. The molecule has 5 rings (SSSR count). The highest BCUT2D eigenvalue weighted by molar-refractivity contribution is 7.16. The number of carbonyl (C=O) groups excluding carboxylic acids is 1. The van der Waals surface area contributed by atoms with E-state index in [0.717, 1.165) is 16.9 Å². The normalized spacial score (nSPS) is 13.1. The molecule has 1 aromatic carbocycles. The van der Waals surface area contributed by atoms with Gasteiger partial charge in [0, 0.05) is 17.2 Å². The van der Waals surface area contributed by atoms with E-state index < -0.39 is 5.97 Å². The number of amides is 1. The van der Waals surface area contributed by atoms with Crippen LogP contribution in [0.2, 0.25) is 0 Å². The van der Waals surface area contributed by atoms with Crippen molar-refractivity contribution in [3.63, 3.8) is 0 Å². The topological polar surface area (TPSA) is 114 Å². The van der Waals surface area contributed by atoms with E-state index in [-0.39, 0.29) is 16.8 Å². The summed E-state index contributed by atoms with van der Waals surface area (Å²) in [5, 5.41) is 17.9. The Hall–Kier alpha value is -3.92. The first kappa shape index (κ1) is 20.0. The van der Waals surface area contributed by atoms with Crippen LogP contribution in [0.4, 0.5) is 5.82 Å². The second kappa shape index (κ2) is 7.65. The maximum absolute atomic E-state index is 13.2. The van der Waals surface area contributed by atoms with Gasteiger partial charge >= 0.3 is 5.97 Å². The lowest BCUT2D eigenvalue weighted by molar-refractivity contribution is 0.0701. The Morgan fingerprint density at radius 2 is 2.06 bits per heavy atom. The van der Waals surface area contributed by atoms with Gasteiger partial charge in [-0.2, -0.15) is 0 Å². The highest BCUT2D eigenvalue weighted by atomic mass is 32.1. The van der Waals surface area contributed by atoms with Crippen molar-refractivity contribution in [1.82, 2.24) is 24.7 Å². The highest BCUT2D eigenvalue weighted by Gasteiger charge is 2.30. The maximum Gasteiger partial charge on any atom is 0.347 e. The molecule has 9 nitrogen and oxygen atoms in total. The Labute approximate surface area is 187 Å². The molecule has 0 saturated heterocycles. The molecule has 32 heavy (non-hydrogen) atoms. The molecule has 0 aliphatic carbocycles. The van der Waals surface area contributed by atoms with Gasteiger partial charge in [-0.25, -0.2) is 14.8 Å². The molecule has 0 fully saturated rings. The molecule has 4 heterocycles. The Bertz CT molecular complexity index is 1360. The number of nitrogens with zero attached hydrogens (tertiary/aromatic N) is 6. The van der Waals surface area contributed by atoms with Gasteiger partial charge < -0.3 is 9.67 Å². The number of rotatable bonds is 5. The van der Waals surface area contributed by atoms with Crippen LogP contribution < -0.4 is 4.90 Å². The molecule has 4 aromatic rings. The lowest BCUT2D eigenvalue weighted by Crippen LogP contribution is -2.24. The summed E-state index contributed by atoms with van der Waals surface area (Å²) in [5.41, 5.74) is 2.80. The van der Waals surface area contributed by atoms with Crippen molar-refractivity contribution in [1.29, 1.82) is 0 Å². The molecule has 0 unspecified atom stereocenters. The van der Waals surface area contributed by atoms with E-state index in [4.69, 9.17) is 5.11 Å². The molecule has 0 spiro atoms. The van der Waals surface area contributed by atoms with Crippen LogP contribution in [0.3, 0.4) is 0 Å². The smallest absolute Gasteiger partial charge is 0.347 e. The van der Waals surface area contributed by atoms with E-state index in [2.05, 4.69) is 20.2 Å². The van der Waals surface area contributed by atoms with Crippen molar-refractivity contribution in [2.24, 2.45) is 0 Å². The maximum atomic E-state index is 13.2. The Balaban J connectivity index is 1.46. The highest BCUT2D eigenvalue weighted by Crippen LogP contribution is 2.33. The standard InChI is InChI=1S/C22H18N6O3S/c1-12(2)28-11-24-26-19(28)16-4-3-5-18(25-16)27-10-14-7-6-13(8-15(14)21(27)29)20-23-9-17(32-20)22(30)31/h3-9,11-12H,10H2,1-2H3,(H,30,31). The van der Waals surface area contributed by atoms with Gasteiger partial charge in [0.05, 0.1) is 12.7 Å². The SMILES string of the molecule is CC(C)n1cnnc1-c1cccc(N2Cc3ccc(-c4ncc(C(=O)O)s4)cc3C2=O)n1. The molecule has 1 amide bonds. The van der Waals surface area contributed by atoms with Crippen LogP contribution in [0.1, 0.15) is 45.5 Å². The van der Waals surface area contributed by atoms with Gasteiger partial charge in [0.1, 0.15) is 27.7 Å². The number of hydrogen-bond donors (Lipinski definition) is 1. The zero-order valence-corrected chi connectivity index (χ0v) is 18.1. The van der Waals surface area contributed by atoms with Crippen LogP contribution in [0.25, 0.3) is 22.1 Å². The fourth-order valence-electron chi connectivity index (χ4n) is 3.63.